The molecule has 4 N–H and O–H groups in total. The zero-order valence-electron chi connectivity index (χ0n) is 8.53. The van der Waals surface area contributed by atoms with Gasteiger partial charge in [0.05, 0.1) is 17.1 Å². The van der Waals surface area contributed by atoms with Gasteiger partial charge in [0, 0.05) is 6.54 Å². The van der Waals surface area contributed by atoms with Gasteiger partial charge in [0.2, 0.25) is 10.0 Å². The number of nitrogen functional groups attached to an aromatic ring is 1. The predicted octanol–water partition coefficient (Wildman–Crippen LogP) is 0.230. The monoisotopic (exact) mass is 229 g/mol. The Labute approximate surface area is 89.7 Å². The molecule has 0 saturated carbocycles. The molecule has 1 rings (SSSR count). The van der Waals surface area contributed by atoms with E-state index in [1.54, 1.807) is 31.3 Å². The summed E-state index contributed by atoms with van der Waals surface area (Å²) in [4.78, 5) is 0. The molecule has 5 nitrogen and oxygen atoms in total. The van der Waals surface area contributed by atoms with Gasteiger partial charge in [-0.15, -0.1) is 0 Å². The number of hydrogen-bond acceptors (Lipinski definition) is 4. The first kappa shape index (κ1) is 11.8. The molecular weight excluding hydrogens is 214 g/mol. The summed E-state index contributed by atoms with van der Waals surface area (Å²) < 4.78 is 25.4. The summed E-state index contributed by atoms with van der Waals surface area (Å²) in [5.74, 6) is 0.0256. The lowest BCUT2D eigenvalue weighted by molar-refractivity contribution is 0.599. The summed E-state index contributed by atoms with van der Waals surface area (Å²) in [6.45, 7) is 0.405. The van der Waals surface area contributed by atoms with Gasteiger partial charge in [0.1, 0.15) is 0 Å². The van der Waals surface area contributed by atoms with Crippen LogP contribution in [0, 0.1) is 0 Å². The second-order valence-corrected chi connectivity index (χ2v) is 4.95. The summed E-state index contributed by atoms with van der Waals surface area (Å²) in [6, 6.07) is 6.76. The van der Waals surface area contributed by atoms with Crippen molar-refractivity contribution in [3.8, 4) is 0 Å². The van der Waals surface area contributed by atoms with E-state index in [-0.39, 0.29) is 5.75 Å². The average Bonchev–Trinajstić information content (AvgIpc) is 2.18. The van der Waals surface area contributed by atoms with Crippen molar-refractivity contribution in [3.63, 3.8) is 0 Å². The van der Waals surface area contributed by atoms with Gasteiger partial charge >= 0.3 is 0 Å². The fraction of sp³-hybridized carbons (Fsp3) is 0.333. The lowest BCUT2D eigenvalue weighted by Gasteiger charge is -2.09. The van der Waals surface area contributed by atoms with Crippen molar-refractivity contribution in [3.05, 3.63) is 24.3 Å². The summed E-state index contributed by atoms with van der Waals surface area (Å²) in [7, 11) is -1.61. The zero-order chi connectivity index (χ0) is 11.3. The Hall–Kier alpha value is -1.27. The van der Waals surface area contributed by atoms with Crippen molar-refractivity contribution in [1.29, 1.82) is 0 Å². The lowest BCUT2D eigenvalue weighted by atomic mass is 10.3. The summed E-state index contributed by atoms with van der Waals surface area (Å²) in [6.07, 6.45) is 0. The van der Waals surface area contributed by atoms with Gasteiger partial charge in [-0.2, -0.15) is 0 Å². The minimum Gasteiger partial charge on any atom is -0.397 e. The van der Waals surface area contributed by atoms with Crippen LogP contribution >= 0.6 is 0 Å². The molecule has 1 aromatic rings. The number of rotatable bonds is 5. The van der Waals surface area contributed by atoms with E-state index in [1.165, 1.54) is 0 Å². The van der Waals surface area contributed by atoms with E-state index in [9.17, 15) is 8.42 Å². The Morgan fingerprint density at radius 3 is 2.60 bits per heavy atom. The van der Waals surface area contributed by atoms with Gasteiger partial charge in [-0.3, -0.25) is 4.72 Å². The average molecular weight is 229 g/mol. The highest BCUT2D eigenvalue weighted by molar-refractivity contribution is 7.92. The van der Waals surface area contributed by atoms with Gasteiger partial charge in [-0.25, -0.2) is 8.42 Å². The largest absolute Gasteiger partial charge is 0.397 e. The van der Waals surface area contributed by atoms with E-state index in [0.29, 0.717) is 17.9 Å². The van der Waals surface area contributed by atoms with Gasteiger partial charge < -0.3 is 11.1 Å². The van der Waals surface area contributed by atoms with Crippen molar-refractivity contribution >= 4 is 21.4 Å². The molecule has 1 aromatic carbocycles. The van der Waals surface area contributed by atoms with E-state index in [4.69, 9.17) is 5.73 Å². The Morgan fingerprint density at radius 2 is 2.00 bits per heavy atom. The lowest BCUT2D eigenvalue weighted by Crippen LogP contribution is -2.24. The number of benzene rings is 1. The number of anilines is 2. The van der Waals surface area contributed by atoms with Crippen LogP contribution in [-0.4, -0.2) is 27.8 Å². The standard InChI is InChI=1S/C9H15N3O2S/c1-11-6-7-15(13,14)12-9-5-3-2-4-8(9)10/h2-5,11-12H,6-7,10H2,1H3. The van der Waals surface area contributed by atoms with Gasteiger partial charge in [0.25, 0.3) is 0 Å². The van der Waals surface area contributed by atoms with E-state index in [2.05, 4.69) is 10.0 Å². The number of nitrogens with two attached hydrogens (primary N) is 1. The van der Waals surface area contributed by atoms with Crippen molar-refractivity contribution in [2.75, 3.05) is 29.8 Å². The van der Waals surface area contributed by atoms with E-state index >= 15 is 0 Å². The molecule has 0 spiro atoms. The van der Waals surface area contributed by atoms with Crippen LogP contribution in [0.2, 0.25) is 0 Å². The molecule has 15 heavy (non-hydrogen) atoms. The Bertz CT molecular complexity index is 417. The molecule has 0 aromatic heterocycles. The highest BCUT2D eigenvalue weighted by atomic mass is 32.2. The fourth-order valence-electron chi connectivity index (χ4n) is 1.04. The first-order chi connectivity index (χ1) is 7.05. The number of sulfonamides is 1. The molecule has 84 valence electrons. The third-order valence-corrected chi connectivity index (χ3v) is 3.12. The summed E-state index contributed by atoms with van der Waals surface area (Å²) in [5.41, 5.74) is 6.46. The highest BCUT2D eigenvalue weighted by Gasteiger charge is 2.10. The molecule has 0 atom stereocenters. The minimum atomic E-state index is -3.31. The molecule has 0 radical (unpaired) electrons. The maximum atomic E-state index is 11.5. The quantitative estimate of drug-likeness (QED) is 0.631. The molecule has 0 fully saturated rings. The van der Waals surface area contributed by atoms with Crippen LogP contribution in [0.1, 0.15) is 0 Å². The highest BCUT2D eigenvalue weighted by Crippen LogP contribution is 2.17. The van der Waals surface area contributed by atoms with Crippen LogP contribution in [0.5, 0.6) is 0 Å². The molecule has 0 aliphatic carbocycles. The normalized spacial score (nSPS) is 11.3. The molecule has 0 saturated heterocycles. The van der Waals surface area contributed by atoms with Crippen LogP contribution < -0.4 is 15.8 Å². The molecule has 0 bridgehead atoms. The second kappa shape index (κ2) is 4.99. The minimum absolute atomic E-state index is 0.0256. The molecular formula is C9H15N3O2S. The molecule has 0 unspecified atom stereocenters. The molecule has 0 amide bonds. The maximum Gasteiger partial charge on any atom is 0.234 e. The van der Waals surface area contributed by atoms with Gasteiger partial charge in [-0.05, 0) is 19.2 Å². The van der Waals surface area contributed by atoms with Crippen LogP contribution in [0.4, 0.5) is 11.4 Å². The van der Waals surface area contributed by atoms with Crippen molar-refractivity contribution in [2.24, 2.45) is 0 Å². The van der Waals surface area contributed by atoms with Crippen molar-refractivity contribution in [1.82, 2.24) is 5.32 Å². The van der Waals surface area contributed by atoms with E-state index in [1.807, 2.05) is 0 Å². The van der Waals surface area contributed by atoms with Crippen LogP contribution in [0.25, 0.3) is 0 Å². The molecule has 6 heteroatoms. The van der Waals surface area contributed by atoms with Crippen LogP contribution in [0.15, 0.2) is 24.3 Å². The summed E-state index contributed by atoms with van der Waals surface area (Å²) in [5, 5.41) is 2.77. The van der Waals surface area contributed by atoms with Gasteiger partial charge in [-0.1, -0.05) is 12.1 Å². The molecule has 0 aliphatic rings. The predicted molar refractivity (Wildman–Crippen MR) is 62.2 cm³/mol. The number of para-hydroxylation sites is 2. The maximum absolute atomic E-state index is 11.5. The third kappa shape index (κ3) is 3.77. The van der Waals surface area contributed by atoms with Crippen LogP contribution in [0.3, 0.4) is 0 Å². The van der Waals surface area contributed by atoms with Crippen molar-refractivity contribution < 1.29 is 8.42 Å². The van der Waals surface area contributed by atoms with Gasteiger partial charge in [0.15, 0.2) is 0 Å². The fourth-order valence-corrected chi connectivity index (χ4v) is 2.14. The third-order valence-electron chi connectivity index (χ3n) is 1.85. The van der Waals surface area contributed by atoms with E-state index < -0.39 is 10.0 Å². The first-order valence-electron chi connectivity index (χ1n) is 4.55. The smallest absolute Gasteiger partial charge is 0.234 e. The number of hydrogen-bond donors (Lipinski definition) is 3. The SMILES string of the molecule is CNCCS(=O)(=O)Nc1ccccc1N. The topological polar surface area (TPSA) is 84.2 Å². The van der Waals surface area contributed by atoms with E-state index in [0.717, 1.165) is 0 Å². The summed E-state index contributed by atoms with van der Waals surface area (Å²) >= 11 is 0. The second-order valence-electron chi connectivity index (χ2n) is 3.11. The van der Waals surface area contributed by atoms with Crippen LogP contribution in [-0.2, 0) is 10.0 Å². The number of nitrogens with one attached hydrogen (secondary N) is 2. The first-order valence-corrected chi connectivity index (χ1v) is 6.20. The Balaban J connectivity index is 2.74. The Kier molecular flexibility index (Phi) is 3.93. The molecule has 0 aliphatic heterocycles. The zero-order valence-corrected chi connectivity index (χ0v) is 9.34. The Morgan fingerprint density at radius 1 is 1.33 bits per heavy atom. The molecule has 0 heterocycles. The van der Waals surface area contributed by atoms with Crippen molar-refractivity contribution in [2.45, 2.75) is 0 Å².